The molecule has 0 aromatic rings. The SMILES string of the molecule is C=C(Br)/C=C\C(=C)CC(=O)OCC. The average molecular weight is 245 g/mol. The van der Waals surface area contributed by atoms with E-state index in [-0.39, 0.29) is 12.4 Å². The predicted octanol–water partition coefficient (Wildman–Crippen LogP) is 2.96. The van der Waals surface area contributed by atoms with Crippen molar-refractivity contribution in [2.45, 2.75) is 13.3 Å². The van der Waals surface area contributed by atoms with E-state index in [2.05, 4.69) is 29.1 Å². The van der Waals surface area contributed by atoms with E-state index >= 15 is 0 Å². The van der Waals surface area contributed by atoms with Gasteiger partial charge in [0.2, 0.25) is 0 Å². The molecule has 0 aliphatic rings. The summed E-state index contributed by atoms with van der Waals surface area (Å²) in [5, 5.41) is 0. The molecule has 0 N–H and O–H groups in total. The highest BCUT2D eigenvalue weighted by Gasteiger charge is 2.01. The summed E-state index contributed by atoms with van der Waals surface area (Å²) in [6, 6.07) is 0. The van der Waals surface area contributed by atoms with Crippen molar-refractivity contribution in [3.8, 4) is 0 Å². The Bertz CT molecular complexity index is 241. The number of hydrogen-bond donors (Lipinski definition) is 0. The maximum atomic E-state index is 10.9. The lowest BCUT2D eigenvalue weighted by atomic mass is 10.2. The molecule has 3 heteroatoms. The molecule has 0 fully saturated rings. The lowest BCUT2D eigenvalue weighted by Gasteiger charge is -2.00. The van der Waals surface area contributed by atoms with Crippen molar-refractivity contribution in [2.24, 2.45) is 0 Å². The van der Waals surface area contributed by atoms with Crippen LogP contribution in [0.1, 0.15) is 13.3 Å². The van der Waals surface area contributed by atoms with Crippen molar-refractivity contribution >= 4 is 21.9 Å². The summed E-state index contributed by atoms with van der Waals surface area (Å²) >= 11 is 3.16. The summed E-state index contributed by atoms with van der Waals surface area (Å²) in [6.45, 7) is 9.49. The number of esters is 1. The van der Waals surface area contributed by atoms with Gasteiger partial charge in [0, 0.05) is 4.48 Å². The summed E-state index contributed by atoms with van der Waals surface area (Å²) in [5.74, 6) is -0.252. The Labute approximate surface area is 87.1 Å². The normalized spacial score (nSPS) is 10.0. The molecule has 0 amide bonds. The Morgan fingerprint density at radius 3 is 2.54 bits per heavy atom. The molecule has 0 heterocycles. The summed E-state index contributed by atoms with van der Waals surface area (Å²) < 4.78 is 5.50. The van der Waals surface area contributed by atoms with Crippen LogP contribution in [-0.2, 0) is 9.53 Å². The van der Waals surface area contributed by atoms with Crippen molar-refractivity contribution < 1.29 is 9.53 Å². The predicted molar refractivity (Wildman–Crippen MR) is 57.6 cm³/mol. The zero-order valence-corrected chi connectivity index (χ0v) is 9.26. The van der Waals surface area contributed by atoms with Crippen molar-refractivity contribution in [3.63, 3.8) is 0 Å². The van der Waals surface area contributed by atoms with Gasteiger partial charge in [0.25, 0.3) is 0 Å². The van der Waals surface area contributed by atoms with Crippen LogP contribution in [0, 0.1) is 0 Å². The van der Waals surface area contributed by atoms with Crippen molar-refractivity contribution in [1.29, 1.82) is 0 Å². The van der Waals surface area contributed by atoms with Crippen molar-refractivity contribution in [3.05, 3.63) is 35.4 Å². The van der Waals surface area contributed by atoms with Gasteiger partial charge < -0.3 is 4.74 Å². The molecule has 0 unspecified atom stereocenters. The van der Waals surface area contributed by atoms with E-state index in [0.29, 0.717) is 12.2 Å². The fraction of sp³-hybridized carbons (Fsp3) is 0.300. The molecule has 0 radical (unpaired) electrons. The number of hydrogen-bond acceptors (Lipinski definition) is 2. The molecule has 0 aliphatic heterocycles. The van der Waals surface area contributed by atoms with Crippen LogP contribution in [-0.4, -0.2) is 12.6 Å². The van der Waals surface area contributed by atoms with Crippen molar-refractivity contribution in [1.82, 2.24) is 0 Å². The minimum absolute atomic E-state index is 0.227. The third-order valence-corrected chi connectivity index (χ3v) is 1.44. The Morgan fingerprint density at radius 2 is 2.08 bits per heavy atom. The number of carbonyl (C=O) groups excluding carboxylic acids is 1. The van der Waals surface area contributed by atoms with Crippen LogP contribution in [0.4, 0.5) is 0 Å². The van der Waals surface area contributed by atoms with Gasteiger partial charge in [-0.3, -0.25) is 4.79 Å². The molecule has 0 aromatic carbocycles. The fourth-order valence-corrected chi connectivity index (χ4v) is 0.797. The Hall–Kier alpha value is -0.830. The first-order valence-electron chi connectivity index (χ1n) is 3.92. The second kappa shape index (κ2) is 6.66. The largest absolute Gasteiger partial charge is 0.466 e. The summed E-state index contributed by atoms with van der Waals surface area (Å²) in [7, 11) is 0. The van der Waals surface area contributed by atoms with Gasteiger partial charge in [-0.05, 0) is 18.6 Å². The molecular formula is C10H13BrO2. The molecule has 0 aromatic heterocycles. The smallest absolute Gasteiger partial charge is 0.310 e. The molecule has 0 saturated heterocycles. The van der Waals surface area contributed by atoms with E-state index in [4.69, 9.17) is 4.74 Å². The number of rotatable bonds is 5. The lowest BCUT2D eigenvalue weighted by Crippen LogP contribution is -2.03. The van der Waals surface area contributed by atoms with E-state index in [1.807, 2.05) is 0 Å². The molecule has 0 atom stereocenters. The summed E-state index contributed by atoms with van der Waals surface area (Å²) in [5.41, 5.74) is 0.707. The first kappa shape index (κ1) is 12.2. The van der Waals surface area contributed by atoms with Crippen LogP contribution in [0.3, 0.4) is 0 Å². The van der Waals surface area contributed by atoms with Crippen molar-refractivity contribution in [2.75, 3.05) is 6.61 Å². The Kier molecular flexibility index (Phi) is 6.24. The third kappa shape index (κ3) is 7.53. The average Bonchev–Trinajstić information content (AvgIpc) is 2.01. The maximum absolute atomic E-state index is 10.9. The minimum atomic E-state index is -0.252. The van der Waals surface area contributed by atoms with Gasteiger partial charge >= 0.3 is 5.97 Å². The Morgan fingerprint density at radius 1 is 1.46 bits per heavy atom. The highest BCUT2D eigenvalue weighted by atomic mass is 79.9. The second-order valence-corrected chi connectivity index (χ2v) is 3.44. The zero-order chi connectivity index (χ0) is 10.3. The number of ether oxygens (including phenoxy) is 1. The van der Waals surface area contributed by atoms with E-state index in [0.717, 1.165) is 4.48 Å². The Balaban J connectivity index is 3.87. The van der Waals surface area contributed by atoms with Crippen LogP contribution in [0.15, 0.2) is 35.4 Å². The molecule has 2 nitrogen and oxygen atoms in total. The van der Waals surface area contributed by atoms with Gasteiger partial charge in [-0.1, -0.05) is 35.2 Å². The van der Waals surface area contributed by atoms with Gasteiger partial charge in [-0.15, -0.1) is 0 Å². The van der Waals surface area contributed by atoms with E-state index in [1.165, 1.54) is 0 Å². The van der Waals surface area contributed by atoms with Gasteiger partial charge in [0.15, 0.2) is 0 Å². The second-order valence-electron chi connectivity index (χ2n) is 2.42. The number of allylic oxidation sites excluding steroid dienone is 3. The molecule has 0 aliphatic carbocycles. The van der Waals surface area contributed by atoms with Crippen LogP contribution >= 0.6 is 15.9 Å². The van der Waals surface area contributed by atoms with E-state index in [9.17, 15) is 4.79 Å². The van der Waals surface area contributed by atoms with Crippen LogP contribution in [0.25, 0.3) is 0 Å². The zero-order valence-electron chi connectivity index (χ0n) is 7.68. The highest BCUT2D eigenvalue weighted by Crippen LogP contribution is 2.07. The van der Waals surface area contributed by atoms with E-state index < -0.39 is 0 Å². The van der Waals surface area contributed by atoms with Gasteiger partial charge in [0.05, 0.1) is 13.0 Å². The fourth-order valence-electron chi connectivity index (χ4n) is 0.665. The monoisotopic (exact) mass is 244 g/mol. The van der Waals surface area contributed by atoms with Crippen LogP contribution < -0.4 is 0 Å². The third-order valence-electron chi connectivity index (χ3n) is 1.18. The van der Waals surface area contributed by atoms with Crippen LogP contribution in [0.5, 0.6) is 0 Å². The molecule has 0 saturated carbocycles. The molecule has 13 heavy (non-hydrogen) atoms. The van der Waals surface area contributed by atoms with Gasteiger partial charge in [0.1, 0.15) is 0 Å². The quantitative estimate of drug-likeness (QED) is 0.549. The highest BCUT2D eigenvalue weighted by molar-refractivity contribution is 9.11. The maximum Gasteiger partial charge on any atom is 0.310 e. The van der Waals surface area contributed by atoms with Gasteiger partial charge in [-0.2, -0.15) is 0 Å². The first-order chi connectivity index (χ1) is 6.06. The molecule has 72 valence electrons. The topological polar surface area (TPSA) is 26.3 Å². The number of halogens is 1. The summed E-state index contributed by atoms with van der Waals surface area (Å²) in [4.78, 5) is 10.9. The molecular weight excluding hydrogens is 232 g/mol. The molecule has 0 bridgehead atoms. The van der Waals surface area contributed by atoms with Gasteiger partial charge in [-0.25, -0.2) is 0 Å². The molecule has 0 spiro atoms. The summed E-state index contributed by atoms with van der Waals surface area (Å²) in [6.07, 6.45) is 3.69. The lowest BCUT2D eigenvalue weighted by molar-refractivity contribution is -0.142. The standard InChI is InChI=1S/C10H13BrO2/c1-4-13-10(12)7-8(2)5-6-9(3)11/h5-6H,2-4,7H2,1H3/b6-5-. The minimum Gasteiger partial charge on any atom is -0.466 e. The molecule has 0 rings (SSSR count). The van der Waals surface area contributed by atoms with E-state index in [1.54, 1.807) is 19.1 Å². The van der Waals surface area contributed by atoms with Crippen LogP contribution in [0.2, 0.25) is 0 Å². The first-order valence-corrected chi connectivity index (χ1v) is 4.71. The number of carbonyl (C=O) groups is 1.